The highest BCUT2D eigenvalue weighted by atomic mass is 35.5. The van der Waals surface area contributed by atoms with Crippen LogP contribution in [-0.2, 0) is 6.54 Å². The number of hydrogen-bond acceptors (Lipinski definition) is 6. The lowest BCUT2D eigenvalue weighted by Gasteiger charge is -2.19. The van der Waals surface area contributed by atoms with Gasteiger partial charge in [0.05, 0.1) is 11.1 Å². The number of rotatable bonds is 4. The summed E-state index contributed by atoms with van der Waals surface area (Å²) in [5, 5.41) is 14.2. The molecule has 0 saturated carbocycles. The monoisotopic (exact) mass is 397 g/mol. The Morgan fingerprint density at radius 2 is 2.11 bits per heavy atom. The van der Waals surface area contributed by atoms with E-state index >= 15 is 0 Å². The SMILES string of the molecule is Cc1nc(Nc2cccc(Cl)c2C)c2ncc(CN3CC[C@@](C)(O)C3)cc2n1. The number of nitrogens with one attached hydrogen (secondary N) is 1. The van der Waals surface area contributed by atoms with Gasteiger partial charge in [-0.15, -0.1) is 0 Å². The number of aryl methyl sites for hydroxylation is 1. The Morgan fingerprint density at radius 3 is 2.86 bits per heavy atom. The minimum atomic E-state index is -0.602. The first-order valence-corrected chi connectivity index (χ1v) is 9.79. The number of halogens is 1. The third-order valence-corrected chi connectivity index (χ3v) is 5.57. The van der Waals surface area contributed by atoms with Crippen LogP contribution >= 0.6 is 11.6 Å². The number of anilines is 2. The van der Waals surface area contributed by atoms with Crippen molar-refractivity contribution in [2.75, 3.05) is 18.4 Å². The van der Waals surface area contributed by atoms with Crippen molar-refractivity contribution in [3.8, 4) is 0 Å². The Morgan fingerprint density at radius 1 is 1.29 bits per heavy atom. The van der Waals surface area contributed by atoms with Crippen molar-refractivity contribution in [2.45, 2.75) is 39.3 Å². The molecule has 0 spiro atoms. The van der Waals surface area contributed by atoms with Crippen molar-refractivity contribution in [1.29, 1.82) is 0 Å². The molecule has 6 nitrogen and oxygen atoms in total. The topological polar surface area (TPSA) is 74.2 Å². The van der Waals surface area contributed by atoms with Gasteiger partial charge in [-0.3, -0.25) is 9.88 Å². The highest BCUT2D eigenvalue weighted by Crippen LogP contribution is 2.29. The van der Waals surface area contributed by atoms with Crippen LogP contribution < -0.4 is 5.32 Å². The number of β-amino-alcohol motifs (C(OH)–C–C–N with tert-alkyl or cyclic N) is 1. The van der Waals surface area contributed by atoms with Crippen LogP contribution in [0.15, 0.2) is 30.5 Å². The van der Waals surface area contributed by atoms with E-state index in [0.717, 1.165) is 47.4 Å². The third kappa shape index (κ3) is 3.94. The summed E-state index contributed by atoms with van der Waals surface area (Å²) in [7, 11) is 0. The quantitative estimate of drug-likeness (QED) is 0.693. The number of likely N-dealkylation sites (tertiary alicyclic amines) is 1. The lowest BCUT2D eigenvalue weighted by molar-refractivity contribution is 0.0679. The third-order valence-electron chi connectivity index (χ3n) is 5.16. The van der Waals surface area contributed by atoms with Crippen LogP contribution in [0.2, 0.25) is 5.02 Å². The van der Waals surface area contributed by atoms with Crippen LogP contribution in [-0.4, -0.2) is 43.6 Å². The molecule has 28 heavy (non-hydrogen) atoms. The van der Waals surface area contributed by atoms with Gasteiger partial charge in [0.2, 0.25) is 0 Å². The molecule has 0 unspecified atom stereocenters. The van der Waals surface area contributed by atoms with E-state index in [2.05, 4.69) is 31.2 Å². The summed E-state index contributed by atoms with van der Waals surface area (Å²) in [5.74, 6) is 1.35. The van der Waals surface area contributed by atoms with E-state index in [-0.39, 0.29) is 0 Å². The van der Waals surface area contributed by atoms with Crippen LogP contribution in [0.3, 0.4) is 0 Å². The Hall–Kier alpha value is -2.28. The average Bonchev–Trinajstić information content (AvgIpc) is 2.97. The van der Waals surface area contributed by atoms with E-state index in [4.69, 9.17) is 11.6 Å². The zero-order valence-electron chi connectivity index (χ0n) is 16.3. The number of nitrogens with zero attached hydrogens (tertiary/aromatic N) is 4. The van der Waals surface area contributed by atoms with E-state index < -0.39 is 5.60 Å². The largest absolute Gasteiger partial charge is 0.389 e. The molecule has 1 atom stereocenters. The maximum atomic E-state index is 10.2. The van der Waals surface area contributed by atoms with Gasteiger partial charge in [-0.25, -0.2) is 9.97 Å². The number of hydrogen-bond donors (Lipinski definition) is 2. The molecule has 146 valence electrons. The van der Waals surface area contributed by atoms with Gasteiger partial charge >= 0.3 is 0 Å². The number of pyridine rings is 1. The van der Waals surface area contributed by atoms with Gasteiger partial charge in [-0.1, -0.05) is 17.7 Å². The van der Waals surface area contributed by atoms with Gasteiger partial charge in [-0.2, -0.15) is 0 Å². The molecule has 2 N–H and O–H groups in total. The van der Waals surface area contributed by atoms with E-state index in [1.165, 1.54) is 0 Å². The van der Waals surface area contributed by atoms with Gasteiger partial charge in [0, 0.05) is 36.5 Å². The predicted molar refractivity (Wildman–Crippen MR) is 112 cm³/mol. The number of fused-ring (bicyclic) bond motifs is 1. The predicted octanol–water partition coefficient (Wildman–Crippen LogP) is 4.00. The van der Waals surface area contributed by atoms with Crippen molar-refractivity contribution in [2.24, 2.45) is 0 Å². The highest BCUT2D eigenvalue weighted by molar-refractivity contribution is 6.31. The van der Waals surface area contributed by atoms with Crippen molar-refractivity contribution >= 4 is 34.1 Å². The summed E-state index contributed by atoms with van der Waals surface area (Å²) in [6.45, 7) is 8.04. The molecular formula is C21H24ClN5O. The molecule has 3 aromatic rings. The molecule has 1 aliphatic heterocycles. The molecule has 1 aromatic carbocycles. The second-order valence-electron chi connectivity index (χ2n) is 7.83. The Kier molecular flexibility index (Phi) is 4.95. The van der Waals surface area contributed by atoms with Crippen molar-refractivity contribution in [3.63, 3.8) is 0 Å². The maximum Gasteiger partial charge on any atom is 0.160 e. The summed E-state index contributed by atoms with van der Waals surface area (Å²) >= 11 is 6.24. The molecule has 0 amide bonds. The van der Waals surface area contributed by atoms with Crippen LogP contribution in [0.1, 0.15) is 30.3 Å². The molecule has 0 bridgehead atoms. The Bertz CT molecular complexity index is 1040. The molecule has 4 rings (SSSR count). The van der Waals surface area contributed by atoms with Crippen LogP contribution in [0.25, 0.3) is 11.0 Å². The van der Waals surface area contributed by atoms with E-state index in [1.54, 1.807) is 0 Å². The fraction of sp³-hybridized carbons (Fsp3) is 0.381. The van der Waals surface area contributed by atoms with Crippen molar-refractivity contribution in [1.82, 2.24) is 19.9 Å². The smallest absolute Gasteiger partial charge is 0.160 e. The maximum absolute atomic E-state index is 10.2. The number of benzene rings is 1. The van der Waals surface area contributed by atoms with Crippen LogP contribution in [0.4, 0.5) is 11.5 Å². The molecule has 2 aromatic heterocycles. The van der Waals surface area contributed by atoms with E-state index in [0.29, 0.717) is 23.2 Å². The molecule has 1 saturated heterocycles. The van der Waals surface area contributed by atoms with Gasteiger partial charge in [0.25, 0.3) is 0 Å². The van der Waals surface area contributed by atoms with Crippen molar-refractivity contribution < 1.29 is 5.11 Å². The van der Waals surface area contributed by atoms with Gasteiger partial charge < -0.3 is 10.4 Å². The van der Waals surface area contributed by atoms with Gasteiger partial charge in [-0.05, 0) is 56.5 Å². The minimum Gasteiger partial charge on any atom is -0.389 e. The minimum absolute atomic E-state index is 0.602. The highest BCUT2D eigenvalue weighted by Gasteiger charge is 2.31. The Balaban J connectivity index is 1.64. The molecular weight excluding hydrogens is 374 g/mol. The van der Waals surface area contributed by atoms with Gasteiger partial charge in [0.15, 0.2) is 5.82 Å². The standard InChI is InChI=1S/C21H24ClN5O/c1-13-16(22)5-4-6-17(13)26-20-19-18(24-14(2)25-20)9-15(10-23-19)11-27-8-7-21(3,28)12-27/h4-6,9-10,28H,7-8,11-12H2,1-3H3,(H,24,25,26)/t21-/m1/s1. The summed E-state index contributed by atoms with van der Waals surface area (Å²) < 4.78 is 0. The fourth-order valence-electron chi connectivity index (χ4n) is 3.65. The fourth-order valence-corrected chi connectivity index (χ4v) is 3.83. The molecule has 7 heteroatoms. The summed E-state index contributed by atoms with van der Waals surface area (Å²) in [4.78, 5) is 16.0. The van der Waals surface area contributed by atoms with Crippen molar-refractivity contribution in [3.05, 3.63) is 52.4 Å². The summed E-state index contributed by atoms with van der Waals surface area (Å²) in [6.07, 6.45) is 2.66. The van der Waals surface area contributed by atoms with E-state index in [1.807, 2.05) is 45.2 Å². The van der Waals surface area contributed by atoms with Gasteiger partial charge in [0.1, 0.15) is 11.3 Å². The molecule has 0 aliphatic carbocycles. The number of aliphatic hydroxyl groups is 1. The second-order valence-corrected chi connectivity index (χ2v) is 8.23. The van der Waals surface area contributed by atoms with Crippen LogP contribution in [0, 0.1) is 13.8 Å². The molecule has 1 fully saturated rings. The molecule has 0 radical (unpaired) electrons. The first kappa shape index (κ1) is 19.1. The zero-order chi connectivity index (χ0) is 19.9. The number of aromatic nitrogens is 3. The lowest BCUT2D eigenvalue weighted by Crippen LogP contribution is -2.29. The second kappa shape index (κ2) is 7.28. The lowest BCUT2D eigenvalue weighted by atomic mass is 10.1. The molecule has 1 aliphatic rings. The summed E-state index contributed by atoms with van der Waals surface area (Å²) in [6, 6.07) is 7.80. The van der Waals surface area contributed by atoms with Crippen LogP contribution in [0.5, 0.6) is 0 Å². The zero-order valence-corrected chi connectivity index (χ0v) is 17.1. The molecule has 3 heterocycles. The first-order chi connectivity index (χ1) is 13.3. The Labute approximate surface area is 169 Å². The summed E-state index contributed by atoms with van der Waals surface area (Å²) in [5.41, 5.74) is 3.87. The average molecular weight is 398 g/mol. The normalized spacial score (nSPS) is 20.0. The van der Waals surface area contributed by atoms with E-state index in [9.17, 15) is 5.11 Å². The first-order valence-electron chi connectivity index (χ1n) is 9.41.